The first-order valence-corrected chi connectivity index (χ1v) is 4.55. The van der Waals surface area contributed by atoms with Gasteiger partial charge in [-0.05, 0) is 0 Å². The van der Waals surface area contributed by atoms with Gasteiger partial charge in [0.15, 0.2) is 0 Å². The summed E-state index contributed by atoms with van der Waals surface area (Å²) in [5.74, 6) is -3.60. The molecule has 0 heterocycles. The van der Waals surface area contributed by atoms with E-state index in [9.17, 15) is 32.8 Å². The first-order valence-electron chi connectivity index (χ1n) is 3.08. The molecular weight excluding hydrogens is 273 g/mol. The van der Waals surface area contributed by atoms with E-state index in [1.165, 1.54) is 0 Å². The third-order valence-electron chi connectivity index (χ3n) is 1.20. The van der Waals surface area contributed by atoms with Gasteiger partial charge in [0.25, 0.3) is 0 Å². The molecule has 76 valence electrons. The fourth-order valence-electron chi connectivity index (χ4n) is 0.648. The fraction of sp³-hybridized carbons (Fsp3) is 0.600. The van der Waals surface area contributed by atoms with Crippen LogP contribution in [0.1, 0.15) is 12.8 Å². The number of hydrogen-bond acceptors (Lipinski definition) is 7. The smallest absolute Gasteiger partial charge is 0.748 e. The van der Waals surface area contributed by atoms with E-state index in [0.717, 1.165) is 0 Å². The van der Waals surface area contributed by atoms with Crippen molar-refractivity contribution in [3.63, 3.8) is 0 Å². The molecule has 0 N–H and O–H groups in total. The van der Waals surface area contributed by atoms with Crippen molar-refractivity contribution < 1.29 is 121 Å². The summed E-state index contributed by atoms with van der Waals surface area (Å²) >= 11 is 0. The predicted octanol–water partition coefficient (Wildman–Crippen LogP) is -12.8. The number of aliphatic carboxylic acids is 2. The molecule has 11 heteroatoms. The molecule has 0 aliphatic heterocycles. The Morgan fingerprint density at radius 1 is 0.938 bits per heavy atom. The van der Waals surface area contributed by atoms with E-state index in [4.69, 9.17) is 0 Å². The second-order valence-corrected chi connectivity index (χ2v) is 3.92. The first kappa shape index (κ1) is 26.4. The van der Waals surface area contributed by atoms with Crippen molar-refractivity contribution in [3.05, 3.63) is 0 Å². The van der Waals surface area contributed by atoms with Crippen LogP contribution >= 0.6 is 0 Å². The Balaban J connectivity index is -0.000000240. The van der Waals surface area contributed by atoms with E-state index in [2.05, 4.69) is 0 Å². The molecule has 0 radical (unpaired) electrons. The zero-order valence-corrected chi connectivity index (χ0v) is 16.1. The molecule has 0 aliphatic rings. The van der Waals surface area contributed by atoms with Crippen LogP contribution in [0.25, 0.3) is 0 Å². The quantitative estimate of drug-likeness (QED) is 0.359. The van der Waals surface area contributed by atoms with Gasteiger partial charge in [-0.1, -0.05) is 0 Å². The predicted molar refractivity (Wildman–Crippen MR) is 32.7 cm³/mol. The van der Waals surface area contributed by atoms with Crippen molar-refractivity contribution in [1.29, 1.82) is 0 Å². The van der Waals surface area contributed by atoms with Crippen molar-refractivity contribution in [2.45, 2.75) is 18.1 Å². The van der Waals surface area contributed by atoms with Gasteiger partial charge in [-0.15, -0.1) is 0 Å². The van der Waals surface area contributed by atoms with E-state index in [0.29, 0.717) is 0 Å². The number of hydrogen-bond donors (Lipinski definition) is 0. The Kier molecular flexibility index (Phi) is 19.7. The molecule has 0 atom stereocenters. The van der Waals surface area contributed by atoms with Gasteiger partial charge in [-0.25, -0.2) is 8.42 Å². The second-order valence-electron chi connectivity index (χ2n) is 2.27. The van der Waals surface area contributed by atoms with Crippen LogP contribution < -0.4 is 98.9 Å². The van der Waals surface area contributed by atoms with Gasteiger partial charge in [0.2, 0.25) is 0 Å². The van der Waals surface area contributed by atoms with E-state index in [1.54, 1.807) is 0 Å². The van der Waals surface area contributed by atoms with Gasteiger partial charge in [-0.3, -0.25) is 0 Å². The van der Waals surface area contributed by atoms with Gasteiger partial charge in [0.05, 0.1) is 15.4 Å². The maximum Gasteiger partial charge on any atom is 1.00 e. The maximum absolute atomic E-state index is 10.3. The minimum Gasteiger partial charge on any atom is -0.748 e. The van der Waals surface area contributed by atoms with Crippen LogP contribution in [-0.4, -0.2) is 30.2 Å². The summed E-state index contributed by atoms with van der Waals surface area (Å²) in [7, 11) is -4.95. The number of rotatable bonds is 5. The van der Waals surface area contributed by atoms with Gasteiger partial charge in [0, 0.05) is 24.8 Å². The van der Waals surface area contributed by atoms with Crippen LogP contribution in [-0.2, 0) is 19.7 Å². The van der Waals surface area contributed by atoms with Crippen LogP contribution in [0.5, 0.6) is 0 Å². The van der Waals surface area contributed by atoms with E-state index < -0.39 is 40.1 Å². The van der Waals surface area contributed by atoms with Gasteiger partial charge in [-0.2, -0.15) is 0 Å². The summed E-state index contributed by atoms with van der Waals surface area (Å²) < 4.78 is 30.8. The Morgan fingerprint density at radius 2 is 1.19 bits per heavy atom. The molecule has 0 saturated heterocycles. The third kappa shape index (κ3) is 13.9. The molecule has 0 unspecified atom stereocenters. The zero-order valence-electron chi connectivity index (χ0n) is 9.26. The van der Waals surface area contributed by atoms with Crippen LogP contribution in [0.3, 0.4) is 0 Å². The molecule has 16 heavy (non-hydrogen) atoms. The van der Waals surface area contributed by atoms with E-state index in [1.807, 2.05) is 0 Å². The Bertz CT molecular complexity index is 298. The van der Waals surface area contributed by atoms with Gasteiger partial charge in [0.1, 0.15) is 0 Å². The van der Waals surface area contributed by atoms with Crippen molar-refractivity contribution in [2.75, 3.05) is 0 Å². The Labute approximate surface area is 159 Å². The summed E-state index contributed by atoms with van der Waals surface area (Å²) in [6, 6.07) is 0. The third-order valence-corrected chi connectivity index (χ3v) is 2.35. The molecule has 0 bridgehead atoms. The average Bonchev–Trinajstić information content (AvgIpc) is 1.81. The largest absolute Gasteiger partial charge is 1.00 e. The summed E-state index contributed by atoms with van der Waals surface area (Å²) in [4.78, 5) is 19.8. The molecule has 0 aliphatic carbocycles. The molecule has 7 nitrogen and oxygen atoms in total. The normalized spacial score (nSPS) is 9.38. The van der Waals surface area contributed by atoms with Crippen molar-refractivity contribution >= 4 is 22.1 Å². The van der Waals surface area contributed by atoms with Crippen LogP contribution in [0, 0.1) is 0 Å². The summed E-state index contributed by atoms with van der Waals surface area (Å²) in [5.41, 5.74) is 0. The fourth-order valence-corrected chi connectivity index (χ4v) is 1.33. The molecule has 0 spiro atoms. The molecule has 0 amide bonds. The van der Waals surface area contributed by atoms with E-state index in [-0.39, 0.29) is 88.7 Å². The molecule has 0 aromatic heterocycles. The summed E-state index contributed by atoms with van der Waals surface area (Å²) in [5, 5.41) is 17.8. The second kappa shape index (κ2) is 11.9. The Morgan fingerprint density at radius 3 is 1.31 bits per heavy atom. The molecule has 0 aromatic carbocycles. The van der Waals surface area contributed by atoms with E-state index >= 15 is 0 Å². The van der Waals surface area contributed by atoms with Crippen molar-refractivity contribution in [3.8, 4) is 0 Å². The molecule has 0 saturated carbocycles. The Hall–Kier alpha value is 1.85. The number of carboxylic acid groups (broad SMARTS) is 2. The molecular formula is C5H5Na3O7S. The summed E-state index contributed by atoms with van der Waals surface area (Å²) in [6.07, 6.45) is -2.28. The minimum atomic E-state index is -4.95. The number of carbonyl (C=O) groups is 2. The summed E-state index contributed by atoms with van der Waals surface area (Å²) in [6.45, 7) is 0. The monoisotopic (exact) mass is 278 g/mol. The SMILES string of the molecule is O=C([O-])CC(CC(=O)[O-])S(=O)(=O)[O-].[Na+].[Na+].[Na+]. The minimum absolute atomic E-state index is 0. The van der Waals surface area contributed by atoms with Crippen LogP contribution in [0.2, 0.25) is 0 Å². The first-order chi connectivity index (χ1) is 5.73. The van der Waals surface area contributed by atoms with Crippen molar-refractivity contribution in [1.82, 2.24) is 0 Å². The number of carbonyl (C=O) groups excluding carboxylic acids is 2. The van der Waals surface area contributed by atoms with Gasteiger partial charge < -0.3 is 24.4 Å². The van der Waals surface area contributed by atoms with Crippen LogP contribution in [0.15, 0.2) is 0 Å². The zero-order chi connectivity index (χ0) is 10.6. The standard InChI is InChI=1S/C5H8O7S.3Na/c6-4(7)1-3(2-5(8)9)13(10,11)12;;;/h3H,1-2H2,(H,6,7)(H,8,9)(H,10,11,12);;;/q;3*+1/p-3. The van der Waals surface area contributed by atoms with Gasteiger partial charge >= 0.3 is 88.7 Å². The average molecular weight is 278 g/mol. The van der Waals surface area contributed by atoms with Crippen LogP contribution in [0.4, 0.5) is 0 Å². The topological polar surface area (TPSA) is 137 Å². The molecule has 0 rings (SSSR count). The molecule has 0 aromatic rings. The van der Waals surface area contributed by atoms with Crippen molar-refractivity contribution in [2.24, 2.45) is 0 Å². The molecule has 0 fully saturated rings. The number of carboxylic acids is 2. The maximum atomic E-state index is 10.3.